The predicted molar refractivity (Wildman–Crippen MR) is 113 cm³/mol. The highest BCUT2D eigenvalue weighted by atomic mass is 16.1. The first-order chi connectivity index (χ1) is 13.6. The Morgan fingerprint density at radius 1 is 1.04 bits per heavy atom. The number of benzene rings is 2. The standard InChI is InChI=1S/C23H28N4O/c1-18(2)25-22(28)13-14-24-15-21-17-27(16-19-9-5-3-6-10-19)26-23(21)20-11-7-4-8-12-20/h3-12,17-18,24H,13-16H2,1-2H3,(H,25,28). The minimum atomic E-state index is 0.0746. The van der Waals surface area contributed by atoms with Crippen molar-refractivity contribution in [3.8, 4) is 11.3 Å². The number of amides is 1. The fourth-order valence-electron chi connectivity index (χ4n) is 3.10. The van der Waals surface area contributed by atoms with E-state index in [1.807, 2.05) is 54.9 Å². The molecule has 2 N–H and O–H groups in total. The van der Waals surface area contributed by atoms with Crippen LogP contribution in [0, 0.1) is 0 Å². The van der Waals surface area contributed by atoms with Gasteiger partial charge in [0.25, 0.3) is 0 Å². The van der Waals surface area contributed by atoms with Gasteiger partial charge in [-0.1, -0.05) is 60.7 Å². The summed E-state index contributed by atoms with van der Waals surface area (Å²) in [5, 5.41) is 11.1. The van der Waals surface area contributed by atoms with E-state index >= 15 is 0 Å². The van der Waals surface area contributed by atoms with E-state index in [4.69, 9.17) is 5.10 Å². The molecule has 0 unspecified atom stereocenters. The van der Waals surface area contributed by atoms with Gasteiger partial charge in [-0.2, -0.15) is 5.10 Å². The molecule has 5 heteroatoms. The number of hydrogen-bond donors (Lipinski definition) is 2. The van der Waals surface area contributed by atoms with E-state index in [0.29, 0.717) is 19.5 Å². The van der Waals surface area contributed by atoms with Crippen molar-refractivity contribution in [2.75, 3.05) is 6.54 Å². The SMILES string of the molecule is CC(C)NC(=O)CCNCc1cn(Cc2ccccc2)nc1-c1ccccc1. The Kier molecular flexibility index (Phi) is 6.98. The van der Waals surface area contributed by atoms with E-state index in [1.54, 1.807) is 0 Å². The maximum absolute atomic E-state index is 11.8. The van der Waals surface area contributed by atoms with Crippen molar-refractivity contribution in [2.24, 2.45) is 0 Å². The quantitative estimate of drug-likeness (QED) is 0.561. The van der Waals surface area contributed by atoms with Crippen LogP contribution in [0.4, 0.5) is 0 Å². The highest BCUT2D eigenvalue weighted by molar-refractivity contribution is 5.76. The summed E-state index contributed by atoms with van der Waals surface area (Å²) >= 11 is 0. The van der Waals surface area contributed by atoms with Crippen LogP contribution in [0.1, 0.15) is 31.4 Å². The van der Waals surface area contributed by atoms with Gasteiger partial charge in [0, 0.05) is 42.9 Å². The van der Waals surface area contributed by atoms with Crippen LogP contribution in [0.2, 0.25) is 0 Å². The van der Waals surface area contributed by atoms with Crippen LogP contribution in [0.3, 0.4) is 0 Å². The van der Waals surface area contributed by atoms with Gasteiger partial charge in [-0.3, -0.25) is 9.48 Å². The molecule has 1 aromatic heterocycles. The van der Waals surface area contributed by atoms with Gasteiger partial charge in [0.05, 0.1) is 12.2 Å². The van der Waals surface area contributed by atoms with Crippen molar-refractivity contribution in [3.63, 3.8) is 0 Å². The van der Waals surface area contributed by atoms with Gasteiger partial charge in [0.15, 0.2) is 0 Å². The van der Waals surface area contributed by atoms with Gasteiger partial charge in [-0.05, 0) is 19.4 Å². The molecule has 0 aliphatic heterocycles. The number of nitrogens with zero attached hydrogens (tertiary/aromatic N) is 2. The minimum Gasteiger partial charge on any atom is -0.354 e. The van der Waals surface area contributed by atoms with Gasteiger partial charge < -0.3 is 10.6 Å². The molecular formula is C23H28N4O. The molecule has 0 atom stereocenters. The Morgan fingerprint density at radius 3 is 2.39 bits per heavy atom. The maximum atomic E-state index is 11.8. The Bertz CT molecular complexity index is 872. The topological polar surface area (TPSA) is 59.0 Å². The molecule has 1 heterocycles. The summed E-state index contributed by atoms with van der Waals surface area (Å²) in [6.07, 6.45) is 2.56. The number of aromatic nitrogens is 2. The zero-order valence-corrected chi connectivity index (χ0v) is 16.6. The first kappa shape index (κ1) is 19.8. The molecule has 0 radical (unpaired) electrons. The maximum Gasteiger partial charge on any atom is 0.221 e. The van der Waals surface area contributed by atoms with Crippen LogP contribution in [0.5, 0.6) is 0 Å². The molecule has 0 saturated heterocycles. The molecule has 0 aliphatic rings. The van der Waals surface area contributed by atoms with Crippen LogP contribution >= 0.6 is 0 Å². The van der Waals surface area contributed by atoms with Crippen molar-refractivity contribution in [3.05, 3.63) is 78.0 Å². The number of hydrogen-bond acceptors (Lipinski definition) is 3. The van der Waals surface area contributed by atoms with E-state index in [1.165, 1.54) is 5.56 Å². The summed E-state index contributed by atoms with van der Waals surface area (Å²) in [5.74, 6) is 0.0746. The molecule has 0 saturated carbocycles. The van der Waals surface area contributed by atoms with Gasteiger partial charge >= 0.3 is 0 Å². The average molecular weight is 377 g/mol. The summed E-state index contributed by atoms with van der Waals surface area (Å²) in [5.41, 5.74) is 4.43. The molecule has 146 valence electrons. The second-order valence-electron chi connectivity index (χ2n) is 7.20. The fourth-order valence-corrected chi connectivity index (χ4v) is 3.10. The van der Waals surface area contributed by atoms with Crippen molar-refractivity contribution in [2.45, 2.75) is 39.4 Å². The lowest BCUT2D eigenvalue weighted by Crippen LogP contribution is -2.32. The lowest BCUT2D eigenvalue weighted by atomic mass is 10.1. The average Bonchev–Trinajstić information content (AvgIpc) is 3.09. The smallest absolute Gasteiger partial charge is 0.221 e. The summed E-state index contributed by atoms with van der Waals surface area (Å²) in [7, 11) is 0. The second-order valence-corrected chi connectivity index (χ2v) is 7.20. The lowest BCUT2D eigenvalue weighted by Gasteiger charge is -2.09. The molecule has 3 aromatic rings. The predicted octanol–water partition coefficient (Wildman–Crippen LogP) is 3.60. The van der Waals surface area contributed by atoms with E-state index in [-0.39, 0.29) is 11.9 Å². The van der Waals surface area contributed by atoms with Crippen molar-refractivity contribution in [1.29, 1.82) is 0 Å². The molecule has 28 heavy (non-hydrogen) atoms. The van der Waals surface area contributed by atoms with Crippen LogP contribution in [0.15, 0.2) is 66.9 Å². The largest absolute Gasteiger partial charge is 0.354 e. The van der Waals surface area contributed by atoms with Crippen LogP contribution in [-0.2, 0) is 17.9 Å². The number of carbonyl (C=O) groups is 1. The zero-order chi connectivity index (χ0) is 19.8. The number of nitrogens with one attached hydrogen (secondary N) is 2. The van der Waals surface area contributed by atoms with Crippen LogP contribution < -0.4 is 10.6 Å². The molecule has 5 nitrogen and oxygen atoms in total. The molecule has 0 bridgehead atoms. The third-order valence-corrected chi connectivity index (χ3v) is 4.37. The van der Waals surface area contributed by atoms with Gasteiger partial charge in [-0.25, -0.2) is 0 Å². The molecule has 0 fully saturated rings. The van der Waals surface area contributed by atoms with E-state index in [9.17, 15) is 4.79 Å². The Balaban J connectivity index is 1.68. The molecule has 2 aromatic carbocycles. The summed E-state index contributed by atoms with van der Waals surface area (Å²) < 4.78 is 1.99. The lowest BCUT2D eigenvalue weighted by molar-refractivity contribution is -0.121. The normalized spacial score (nSPS) is 11.0. The fraction of sp³-hybridized carbons (Fsp3) is 0.304. The number of carbonyl (C=O) groups excluding carboxylic acids is 1. The zero-order valence-electron chi connectivity index (χ0n) is 16.6. The first-order valence-corrected chi connectivity index (χ1v) is 9.77. The highest BCUT2D eigenvalue weighted by Gasteiger charge is 2.11. The molecular weight excluding hydrogens is 348 g/mol. The Morgan fingerprint density at radius 2 is 1.71 bits per heavy atom. The molecule has 0 spiro atoms. The van der Waals surface area contributed by atoms with Gasteiger partial charge in [0.2, 0.25) is 5.91 Å². The summed E-state index contributed by atoms with van der Waals surface area (Å²) in [4.78, 5) is 11.8. The van der Waals surface area contributed by atoms with Crippen molar-refractivity contribution < 1.29 is 4.79 Å². The third-order valence-electron chi connectivity index (χ3n) is 4.37. The van der Waals surface area contributed by atoms with Gasteiger partial charge in [0.1, 0.15) is 0 Å². The van der Waals surface area contributed by atoms with E-state index in [2.05, 4.69) is 41.1 Å². The third kappa shape index (κ3) is 5.79. The van der Waals surface area contributed by atoms with E-state index < -0.39 is 0 Å². The summed E-state index contributed by atoms with van der Waals surface area (Å²) in [6.45, 7) is 5.99. The monoisotopic (exact) mass is 376 g/mol. The van der Waals surface area contributed by atoms with Crippen molar-refractivity contribution in [1.82, 2.24) is 20.4 Å². The number of rotatable bonds is 9. The second kappa shape index (κ2) is 9.85. The minimum absolute atomic E-state index is 0.0746. The van der Waals surface area contributed by atoms with Crippen LogP contribution in [-0.4, -0.2) is 28.3 Å². The molecule has 1 amide bonds. The Labute approximate surface area is 166 Å². The molecule has 0 aliphatic carbocycles. The Hall–Kier alpha value is -2.92. The van der Waals surface area contributed by atoms with Gasteiger partial charge in [-0.15, -0.1) is 0 Å². The van der Waals surface area contributed by atoms with Crippen molar-refractivity contribution >= 4 is 5.91 Å². The molecule has 3 rings (SSSR count). The summed E-state index contributed by atoms with van der Waals surface area (Å²) in [6, 6.07) is 20.7. The van der Waals surface area contributed by atoms with Crippen LogP contribution in [0.25, 0.3) is 11.3 Å². The first-order valence-electron chi connectivity index (χ1n) is 9.77. The highest BCUT2D eigenvalue weighted by Crippen LogP contribution is 2.22. The van der Waals surface area contributed by atoms with E-state index in [0.717, 1.165) is 23.4 Å².